The van der Waals surface area contributed by atoms with Crippen molar-refractivity contribution in [2.45, 2.75) is 64.1 Å². The van der Waals surface area contributed by atoms with Crippen LogP contribution in [0.15, 0.2) is 102 Å². The molecule has 0 radical (unpaired) electrons. The molecule has 0 spiro atoms. The number of halogens is 1. The molecule has 1 N–H and O–H groups in total. The Labute approximate surface area is 283 Å². The third kappa shape index (κ3) is 9.36. The number of hydrogen-bond donors (Lipinski definition) is 1. The van der Waals surface area contributed by atoms with Crippen molar-refractivity contribution < 1.29 is 22.7 Å². The molecule has 2 amide bonds. The third-order valence-electron chi connectivity index (χ3n) is 7.57. The Morgan fingerprint density at radius 1 is 0.872 bits per heavy atom. The topological polar surface area (TPSA) is 96.0 Å². The molecular weight excluding hydrogens is 634 g/mol. The van der Waals surface area contributed by atoms with Gasteiger partial charge in [-0.05, 0) is 93.8 Å². The Hall–Kier alpha value is -4.34. The van der Waals surface area contributed by atoms with Crippen LogP contribution in [-0.2, 0) is 32.6 Å². The van der Waals surface area contributed by atoms with E-state index in [1.54, 1.807) is 56.5 Å². The van der Waals surface area contributed by atoms with E-state index < -0.39 is 34.1 Å². The lowest BCUT2D eigenvalue weighted by atomic mass is 10.0. The maximum absolute atomic E-state index is 14.7. The van der Waals surface area contributed by atoms with Gasteiger partial charge in [-0.15, -0.1) is 0 Å². The van der Waals surface area contributed by atoms with E-state index >= 15 is 0 Å². The van der Waals surface area contributed by atoms with Crippen molar-refractivity contribution in [3.05, 3.63) is 124 Å². The van der Waals surface area contributed by atoms with Crippen molar-refractivity contribution in [1.29, 1.82) is 0 Å². The molecule has 1 unspecified atom stereocenters. The molecule has 0 saturated carbocycles. The quantitative estimate of drug-likeness (QED) is 0.180. The number of aryl methyl sites for hydroxylation is 2. The zero-order valence-corrected chi connectivity index (χ0v) is 29.2. The molecule has 0 aromatic heterocycles. The Morgan fingerprint density at radius 3 is 2.15 bits per heavy atom. The van der Waals surface area contributed by atoms with Crippen LogP contribution in [0.25, 0.3) is 0 Å². The highest BCUT2D eigenvalue weighted by atomic mass is 35.5. The van der Waals surface area contributed by atoms with Crippen LogP contribution in [0.1, 0.15) is 43.0 Å². The molecule has 10 heteroatoms. The SMILES string of the molecule is COc1cccc(CN(C(=O)CN(c2ccc(Cl)cc2C)S(=O)(=O)c2ccc(C)cc2)C(Cc2ccccc2)C(=O)NC(C)(C)C)c1. The molecule has 4 rings (SSSR count). The highest BCUT2D eigenvalue weighted by Gasteiger charge is 2.36. The second-order valence-corrected chi connectivity index (χ2v) is 14.9. The molecule has 4 aromatic carbocycles. The number of rotatable bonds is 12. The van der Waals surface area contributed by atoms with Crippen LogP contribution in [0.3, 0.4) is 0 Å². The maximum Gasteiger partial charge on any atom is 0.264 e. The van der Waals surface area contributed by atoms with E-state index in [-0.39, 0.29) is 23.8 Å². The number of anilines is 1. The van der Waals surface area contributed by atoms with Crippen LogP contribution in [0.5, 0.6) is 5.75 Å². The van der Waals surface area contributed by atoms with Crippen molar-refractivity contribution in [2.24, 2.45) is 0 Å². The largest absolute Gasteiger partial charge is 0.497 e. The van der Waals surface area contributed by atoms with E-state index in [1.807, 2.05) is 70.2 Å². The number of nitrogens with one attached hydrogen (secondary N) is 1. The van der Waals surface area contributed by atoms with Gasteiger partial charge in [0.1, 0.15) is 18.3 Å². The summed E-state index contributed by atoms with van der Waals surface area (Å²) in [5, 5.41) is 3.48. The van der Waals surface area contributed by atoms with Gasteiger partial charge in [0, 0.05) is 23.5 Å². The third-order valence-corrected chi connectivity index (χ3v) is 9.58. The fraction of sp³-hybridized carbons (Fsp3) is 0.297. The minimum Gasteiger partial charge on any atom is -0.497 e. The number of sulfonamides is 1. The van der Waals surface area contributed by atoms with Crippen LogP contribution in [-0.4, -0.2) is 50.4 Å². The predicted octanol–water partition coefficient (Wildman–Crippen LogP) is 6.72. The fourth-order valence-corrected chi connectivity index (χ4v) is 6.93. The van der Waals surface area contributed by atoms with E-state index in [9.17, 15) is 18.0 Å². The number of carbonyl (C=O) groups is 2. The lowest BCUT2D eigenvalue weighted by Gasteiger charge is -2.35. The summed E-state index contributed by atoms with van der Waals surface area (Å²) in [6.45, 7) is 8.70. The average molecular weight is 676 g/mol. The van der Waals surface area contributed by atoms with Gasteiger partial charge >= 0.3 is 0 Å². The molecule has 8 nitrogen and oxygen atoms in total. The highest BCUT2D eigenvalue weighted by molar-refractivity contribution is 7.92. The van der Waals surface area contributed by atoms with Crippen molar-refractivity contribution in [1.82, 2.24) is 10.2 Å². The van der Waals surface area contributed by atoms with Crippen molar-refractivity contribution >= 4 is 39.1 Å². The second kappa shape index (κ2) is 15.0. The van der Waals surface area contributed by atoms with E-state index in [0.29, 0.717) is 22.0 Å². The molecule has 0 aliphatic heterocycles. The molecule has 4 aromatic rings. The Kier molecular flexibility index (Phi) is 11.4. The molecule has 0 aliphatic carbocycles. The summed E-state index contributed by atoms with van der Waals surface area (Å²) in [6, 6.07) is 27.0. The van der Waals surface area contributed by atoms with Crippen LogP contribution in [0, 0.1) is 13.8 Å². The molecule has 0 bridgehead atoms. The number of nitrogens with zero attached hydrogens (tertiary/aromatic N) is 2. The lowest BCUT2D eigenvalue weighted by molar-refractivity contribution is -0.140. The summed E-state index contributed by atoms with van der Waals surface area (Å²) in [7, 11) is -2.67. The van der Waals surface area contributed by atoms with Gasteiger partial charge in [-0.3, -0.25) is 13.9 Å². The maximum atomic E-state index is 14.7. The number of methoxy groups -OCH3 is 1. The van der Waals surface area contributed by atoms with Gasteiger partial charge < -0.3 is 15.0 Å². The first-order valence-electron chi connectivity index (χ1n) is 15.3. The van der Waals surface area contributed by atoms with Gasteiger partial charge in [0.15, 0.2) is 0 Å². The Morgan fingerprint density at radius 2 is 1.53 bits per heavy atom. The normalized spacial score (nSPS) is 12.2. The molecule has 0 heterocycles. The van der Waals surface area contributed by atoms with Gasteiger partial charge in [0.2, 0.25) is 11.8 Å². The first kappa shape index (κ1) is 35.5. The van der Waals surface area contributed by atoms with Gasteiger partial charge in [-0.25, -0.2) is 8.42 Å². The summed E-state index contributed by atoms with van der Waals surface area (Å²) < 4.78 is 35.1. The van der Waals surface area contributed by atoms with Crippen LogP contribution in [0.4, 0.5) is 5.69 Å². The van der Waals surface area contributed by atoms with Crippen LogP contribution in [0.2, 0.25) is 5.02 Å². The standard InChI is InChI=1S/C37H42ClN3O5S/c1-26-15-18-32(19-16-26)47(44,45)41(33-20-17-30(38)21-27(33)2)25-35(42)40(24-29-13-10-14-31(22-29)46-6)34(36(43)39-37(3,4)5)23-28-11-8-7-9-12-28/h7-22,34H,23-25H2,1-6H3,(H,39,43). The monoisotopic (exact) mass is 675 g/mol. The molecule has 47 heavy (non-hydrogen) atoms. The van der Waals surface area contributed by atoms with Crippen LogP contribution < -0.4 is 14.4 Å². The van der Waals surface area contributed by atoms with Gasteiger partial charge in [0.05, 0.1) is 17.7 Å². The Bertz CT molecular complexity index is 1810. The predicted molar refractivity (Wildman–Crippen MR) is 187 cm³/mol. The number of benzene rings is 4. The minimum atomic E-state index is -4.23. The van der Waals surface area contributed by atoms with Crippen molar-refractivity contribution in [2.75, 3.05) is 18.0 Å². The average Bonchev–Trinajstić information content (AvgIpc) is 3.01. The summed E-state index contributed by atoms with van der Waals surface area (Å²) >= 11 is 6.25. The van der Waals surface area contributed by atoms with Gasteiger partial charge in [-0.2, -0.15) is 0 Å². The number of hydrogen-bond acceptors (Lipinski definition) is 5. The summed E-state index contributed by atoms with van der Waals surface area (Å²) in [5.41, 5.74) is 2.76. The van der Waals surface area contributed by atoms with Crippen LogP contribution >= 0.6 is 11.6 Å². The zero-order chi connectivity index (χ0) is 34.4. The smallest absolute Gasteiger partial charge is 0.264 e. The molecular formula is C37H42ClN3O5S. The second-order valence-electron chi connectivity index (χ2n) is 12.6. The fourth-order valence-electron chi connectivity index (χ4n) is 5.22. The summed E-state index contributed by atoms with van der Waals surface area (Å²) in [5.74, 6) is -0.315. The van der Waals surface area contributed by atoms with Crippen molar-refractivity contribution in [3.8, 4) is 5.75 Å². The summed E-state index contributed by atoms with van der Waals surface area (Å²) in [4.78, 5) is 30.2. The zero-order valence-electron chi connectivity index (χ0n) is 27.7. The number of amides is 2. The van der Waals surface area contributed by atoms with E-state index in [4.69, 9.17) is 16.3 Å². The number of carbonyl (C=O) groups excluding carboxylic acids is 2. The molecule has 0 aliphatic rings. The molecule has 0 fully saturated rings. The lowest BCUT2D eigenvalue weighted by Crippen LogP contribution is -2.56. The van der Waals surface area contributed by atoms with Gasteiger partial charge in [-0.1, -0.05) is 71.8 Å². The van der Waals surface area contributed by atoms with Gasteiger partial charge in [0.25, 0.3) is 10.0 Å². The summed E-state index contributed by atoms with van der Waals surface area (Å²) in [6.07, 6.45) is 0.211. The first-order valence-corrected chi connectivity index (χ1v) is 17.1. The minimum absolute atomic E-state index is 0.0309. The van der Waals surface area contributed by atoms with Crippen molar-refractivity contribution in [3.63, 3.8) is 0 Å². The molecule has 248 valence electrons. The van der Waals surface area contributed by atoms with E-state index in [1.165, 1.54) is 17.0 Å². The number of ether oxygens (including phenoxy) is 1. The Balaban J connectivity index is 1.85. The highest BCUT2D eigenvalue weighted by Crippen LogP contribution is 2.30. The molecule has 0 saturated heterocycles. The van der Waals surface area contributed by atoms with E-state index in [2.05, 4.69) is 5.32 Å². The van der Waals surface area contributed by atoms with E-state index in [0.717, 1.165) is 21.0 Å². The first-order chi connectivity index (χ1) is 22.2. The molecule has 1 atom stereocenters.